The highest BCUT2D eigenvalue weighted by atomic mass is 32.1. The average Bonchev–Trinajstić information content (AvgIpc) is 3.32. The summed E-state index contributed by atoms with van der Waals surface area (Å²) >= 11 is 1.32. The number of aryl methyl sites for hydroxylation is 1. The van der Waals surface area contributed by atoms with Crippen LogP contribution in [0.3, 0.4) is 0 Å². The molecule has 0 bridgehead atoms. The molecule has 0 fully saturated rings. The van der Waals surface area contributed by atoms with E-state index in [1.807, 2.05) is 0 Å². The van der Waals surface area contributed by atoms with Gasteiger partial charge in [-0.15, -0.1) is 11.3 Å². The number of unbranched alkanes of at least 4 members (excludes halogenated alkanes) is 2. The van der Waals surface area contributed by atoms with Gasteiger partial charge in [-0.1, -0.05) is 44.0 Å². The number of benzene rings is 1. The summed E-state index contributed by atoms with van der Waals surface area (Å²) in [5.74, 6) is -1.24. The molecule has 31 heavy (non-hydrogen) atoms. The summed E-state index contributed by atoms with van der Waals surface area (Å²) in [5.41, 5.74) is 4.46. The first kappa shape index (κ1) is 22.4. The Morgan fingerprint density at radius 1 is 1.00 bits per heavy atom. The normalized spacial score (nSPS) is 10.7. The fraction of sp³-hybridized carbons (Fsp3) is 0.318. The van der Waals surface area contributed by atoms with Crippen LogP contribution in [-0.4, -0.2) is 27.4 Å². The molecule has 0 saturated carbocycles. The number of amides is 2. The van der Waals surface area contributed by atoms with Crippen LogP contribution in [-0.2, 0) is 11.3 Å². The van der Waals surface area contributed by atoms with E-state index in [9.17, 15) is 19.2 Å². The Balaban J connectivity index is 1.68. The lowest BCUT2D eigenvalue weighted by atomic mass is 10.1. The number of hydrogen-bond acceptors (Lipinski definition) is 6. The Morgan fingerprint density at radius 3 is 2.48 bits per heavy atom. The number of ketones is 1. The van der Waals surface area contributed by atoms with Gasteiger partial charge in [-0.2, -0.15) is 5.10 Å². The molecule has 2 amide bonds. The van der Waals surface area contributed by atoms with E-state index in [0.717, 1.165) is 19.3 Å². The molecule has 2 aromatic heterocycles. The number of nitrogens with one attached hydrogen (secondary N) is 2. The lowest BCUT2D eigenvalue weighted by Crippen LogP contribution is -2.42. The predicted octanol–water partition coefficient (Wildman–Crippen LogP) is 3.07. The summed E-state index contributed by atoms with van der Waals surface area (Å²) in [6.45, 7) is 2.47. The molecule has 2 N–H and O–H groups in total. The minimum absolute atomic E-state index is 0.0473. The van der Waals surface area contributed by atoms with Crippen molar-refractivity contribution in [3.05, 3.63) is 62.7 Å². The zero-order valence-electron chi connectivity index (χ0n) is 17.2. The van der Waals surface area contributed by atoms with Crippen molar-refractivity contribution in [2.45, 2.75) is 45.6 Å². The largest absolute Gasteiger partial charge is 0.293 e. The number of nitrogens with zero attached hydrogens (tertiary/aromatic N) is 2. The summed E-state index contributed by atoms with van der Waals surface area (Å²) in [4.78, 5) is 50.0. The standard InChI is InChI=1S/C22H24N4O4S/c1-2-3-6-13-26-22(30)16-9-5-4-8-15(16)20(25-26)21(29)24-23-19(28)12-11-17(27)18-10-7-14-31-18/h4-5,7-10,14H,2-3,6,11-13H2,1H3,(H,23,28)(H,24,29). The SMILES string of the molecule is CCCCCn1nc(C(=O)NNC(=O)CCC(=O)c2cccs2)c2ccccc2c1=O. The summed E-state index contributed by atoms with van der Waals surface area (Å²) in [7, 11) is 0. The number of aromatic nitrogens is 2. The molecule has 3 rings (SSSR count). The van der Waals surface area contributed by atoms with Crippen LogP contribution in [0.25, 0.3) is 10.8 Å². The van der Waals surface area contributed by atoms with Crippen molar-refractivity contribution in [2.75, 3.05) is 0 Å². The Morgan fingerprint density at radius 2 is 1.77 bits per heavy atom. The Bertz CT molecular complexity index is 1140. The maximum absolute atomic E-state index is 12.7. The van der Waals surface area contributed by atoms with Gasteiger partial charge in [-0.25, -0.2) is 4.68 Å². The first-order valence-electron chi connectivity index (χ1n) is 10.2. The van der Waals surface area contributed by atoms with Gasteiger partial charge in [-0.05, 0) is 23.9 Å². The lowest BCUT2D eigenvalue weighted by Gasteiger charge is -2.12. The van der Waals surface area contributed by atoms with E-state index in [-0.39, 0.29) is 29.9 Å². The number of carbonyl (C=O) groups is 3. The van der Waals surface area contributed by atoms with E-state index in [2.05, 4.69) is 22.9 Å². The zero-order valence-corrected chi connectivity index (χ0v) is 18.0. The molecule has 0 aliphatic rings. The maximum Gasteiger partial charge on any atom is 0.290 e. The third-order valence-electron chi connectivity index (χ3n) is 4.75. The third kappa shape index (κ3) is 5.64. The number of Topliss-reactive ketones (excluding diaryl/α,β-unsaturated/α-hetero) is 1. The fourth-order valence-corrected chi connectivity index (χ4v) is 3.80. The van der Waals surface area contributed by atoms with Crippen LogP contribution >= 0.6 is 11.3 Å². The fourth-order valence-electron chi connectivity index (χ4n) is 3.10. The van der Waals surface area contributed by atoms with Gasteiger partial charge in [0.2, 0.25) is 5.91 Å². The topological polar surface area (TPSA) is 110 Å². The van der Waals surface area contributed by atoms with Crippen molar-refractivity contribution in [2.24, 2.45) is 0 Å². The summed E-state index contributed by atoms with van der Waals surface area (Å²) < 4.78 is 1.30. The number of hydrazine groups is 1. The summed E-state index contributed by atoms with van der Waals surface area (Å²) in [5, 5.41) is 6.86. The van der Waals surface area contributed by atoms with Crippen LogP contribution in [0.5, 0.6) is 0 Å². The Labute approximate surface area is 183 Å². The van der Waals surface area contributed by atoms with Crippen LogP contribution in [0.1, 0.15) is 59.2 Å². The van der Waals surface area contributed by atoms with E-state index in [4.69, 9.17) is 0 Å². The van der Waals surface area contributed by atoms with Crippen molar-refractivity contribution in [1.29, 1.82) is 0 Å². The molecule has 1 aromatic carbocycles. The van der Waals surface area contributed by atoms with Crippen LogP contribution in [0, 0.1) is 0 Å². The van der Waals surface area contributed by atoms with Gasteiger partial charge < -0.3 is 0 Å². The minimum Gasteiger partial charge on any atom is -0.293 e. The van der Waals surface area contributed by atoms with Crippen LogP contribution < -0.4 is 16.4 Å². The molecule has 2 heterocycles. The van der Waals surface area contributed by atoms with Gasteiger partial charge in [0, 0.05) is 24.8 Å². The van der Waals surface area contributed by atoms with E-state index < -0.39 is 11.8 Å². The molecule has 0 aliphatic heterocycles. The van der Waals surface area contributed by atoms with Gasteiger partial charge in [-0.3, -0.25) is 30.0 Å². The number of rotatable bonds is 9. The maximum atomic E-state index is 12.7. The highest BCUT2D eigenvalue weighted by Gasteiger charge is 2.17. The first-order chi connectivity index (χ1) is 15.0. The molecule has 0 atom stereocenters. The van der Waals surface area contributed by atoms with E-state index in [1.54, 1.807) is 41.8 Å². The molecule has 162 valence electrons. The number of thiophene rings is 1. The second kappa shape index (κ2) is 10.6. The van der Waals surface area contributed by atoms with E-state index >= 15 is 0 Å². The van der Waals surface area contributed by atoms with E-state index in [0.29, 0.717) is 22.2 Å². The van der Waals surface area contributed by atoms with E-state index in [1.165, 1.54) is 16.0 Å². The first-order valence-corrected chi connectivity index (χ1v) is 11.0. The van der Waals surface area contributed by atoms with Crippen molar-refractivity contribution in [3.63, 3.8) is 0 Å². The monoisotopic (exact) mass is 440 g/mol. The van der Waals surface area contributed by atoms with Crippen molar-refractivity contribution < 1.29 is 14.4 Å². The number of carbonyl (C=O) groups excluding carboxylic acids is 3. The molecule has 0 radical (unpaired) electrons. The molecule has 9 heteroatoms. The second-order valence-electron chi connectivity index (χ2n) is 7.03. The average molecular weight is 441 g/mol. The van der Waals surface area contributed by atoms with Gasteiger partial charge in [0.25, 0.3) is 11.5 Å². The molecule has 0 spiro atoms. The molecule has 0 saturated heterocycles. The van der Waals surface area contributed by atoms with Crippen molar-refractivity contribution in [3.8, 4) is 0 Å². The predicted molar refractivity (Wildman–Crippen MR) is 119 cm³/mol. The zero-order chi connectivity index (χ0) is 22.2. The highest BCUT2D eigenvalue weighted by molar-refractivity contribution is 7.12. The van der Waals surface area contributed by atoms with Crippen molar-refractivity contribution >= 4 is 39.7 Å². The Kier molecular flexibility index (Phi) is 7.66. The third-order valence-corrected chi connectivity index (χ3v) is 5.66. The molecule has 8 nitrogen and oxygen atoms in total. The van der Waals surface area contributed by atoms with Gasteiger partial charge in [0.1, 0.15) is 0 Å². The van der Waals surface area contributed by atoms with Crippen LogP contribution in [0.2, 0.25) is 0 Å². The van der Waals surface area contributed by atoms with Gasteiger partial charge >= 0.3 is 0 Å². The van der Waals surface area contributed by atoms with Crippen LogP contribution in [0.15, 0.2) is 46.6 Å². The Hall–Kier alpha value is -3.33. The van der Waals surface area contributed by atoms with Crippen LogP contribution in [0.4, 0.5) is 0 Å². The smallest absolute Gasteiger partial charge is 0.290 e. The lowest BCUT2D eigenvalue weighted by molar-refractivity contribution is -0.121. The number of fused-ring (bicyclic) bond motifs is 1. The minimum atomic E-state index is -0.627. The van der Waals surface area contributed by atoms with Gasteiger partial charge in [0.15, 0.2) is 11.5 Å². The highest BCUT2D eigenvalue weighted by Crippen LogP contribution is 2.14. The quantitative estimate of drug-likeness (QED) is 0.302. The molecular weight excluding hydrogens is 416 g/mol. The number of hydrogen-bond donors (Lipinski definition) is 2. The molecule has 3 aromatic rings. The molecular formula is C22H24N4O4S. The summed E-state index contributed by atoms with van der Waals surface area (Å²) in [6.07, 6.45) is 2.71. The summed E-state index contributed by atoms with van der Waals surface area (Å²) in [6, 6.07) is 10.2. The van der Waals surface area contributed by atoms with Crippen molar-refractivity contribution in [1.82, 2.24) is 20.6 Å². The second-order valence-corrected chi connectivity index (χ2v) is 7.98. The molecule has 0 unspecified atom stereocenters. The molecule has 0 aliphatic carbocycles. The van der Waals surface area contributed by atoms with Gasteiger partial charge in [0.05, 0.1) is 10.3 Å².